The molecule has 0 spiro atoms. The summed E-state index contributed by atoms with van der Waals surface area (Å²) in [5, 5.41) is 27.5. The van der Waals surface area contributed by atoms with Gasteiger partial charge in [0.05, 0.1) is 13.2 Å². The van der Waals surface area contributed by atoms with Gasteiger partial charge >= 0.3 is 0 Å². The Morgan fingerprint density at radius 1 is 0.800 bits per heavy atom. The minimum absolute atomic E-state index is 0.0685. The molecule has 0 radical (unpaired) electrons. The first-order valence-electron chi connectivity index (χ1n) is 12.5. The van der Waals surface area contributed by atoms with Crippen molar-refractivity contribution in [2.45, 2.75) is 117 Å². The number of aliphatic hydroxyl groups excluding tert-OH is 3. The quantitative estimate of drug-likeness (QED) is 0.167. The standard InChI is InChI=1S/C26H52O4/c1-21(2)11-8-13-23(4)15-10-17-24(5)16-9-14-22(3)12-6-7-18-30-20-26(29)25(28)19-27/h12,21,23-29H,6-11,13-20H2,1-5H3. The second-order valence-corrected chi connectivity index (χ2v) is 9.94. The molecule has 0 heterocycles. The average Bonchev–Trinajstić information content (AvgIpc) is 2.69. The summed E-state index contributed by atoms with van der Waals surface area (Å²) in [5.41, 5.74) is 1.46. The molecule has 4 nitrogen and oxygen atoms in total. The van der Waals surface area contributed by atoms with Crippen LogP contribution in [0.5, 0.6) is 0 Å². The van der Waals surface area contributed by atoms with Crippen LogP contribution in [0, 0.1) is 17.8 Å². The van der Waals surface area contributed by atoms with Gasteiger partial charge in [-0.25, -0.2) is 0 Å². The molecule has 3 N–H and O–H groups in total. The van der Waals surface area contributed by atoms with E-state index < -0.39 is 18.8 Å². The van der Waals surface area contributed by atoms with Gasteiger partial charge in [0.2, 0.25) is 0 Å². The van der Waals surface area contributed by atoms with Crippen LogP contribution in [0.4, 0.5) is 0 Å². The molecule has 0 aliphatic rings. The third kappa shape index (κ3) is 18.4. The zero-order valence-corrected chi connectivity index (χ0v) is 20.6. The summed E-state index contributed by atoms with van der Waals surface area (Å²) >= 11 is 0. The molecule has 4 atom stereocenters. The summed E-state index contributed by atoms with van der Waals surface area (Å²) in [5.74, 6) is 2.55. The number of allylic oxidation sites excluding steroid dienone is 2. The van der Waals surface area contributed by atoms with Crippen molar-refractivity contribution < 1.29 is 20.1 Å². The Kier molecular flexibility index (Phi) is 19.0. The highest BCUT2D eigenvalue weighted by molar-refractivity contribution is 4.97. The maximum atomic E-state index is 9.49. The average molecular weight is 429 g/mol. The van der Waals surface area contributed by atoms with E-state index in [0.717, 1.165) is 30.6 Å². The molecule has 4 heteroatoms. The van der Waals surface area contributed by atoms with Crippen molar-refractivity contribution in [3.8, 4) is 0 Å². The van der Waals surface area contributed by atoms with E-state index >= 15 is 0 Å². The fraction of sp³-hybridized carbons (Fsp3) is 0.923. The van der Waals surface area contributed by atoms with Gasteiger partial charge in [-0.3, -0.25) is 0 Å². The lowest BCUT2D eigenvalue weighted by Gasteiger charge is -2.15. The van der Waals surface area contributed by atoms with Crippen LogP contribution in [0.3, 0.4) is 0 Å². The first kappa shape index (κ1) is 29.6. The molecule has 4 unspecified atom stereocenters. The molecule has 0 aliphatic carbocycles. The summed E-state index contributed by atoms with van der Waals surface area (Å²) in [6.07, 6.45) is 14.1. The van der Waals surface area contributed by atoms with Crippen LogP contribution >= 0.6 is 0 Å². The van der Waals surface area contributed by atoms with E-state index in [1.54, 1.807) is 0 Å². The van der Waals surface area contributed by atoms with Crippen LogP contribution in [0.15, 0.2) is 11.6 Å². The lowest BCUT2D eigenvalue weighted by atomic mass is 9.91. The molecule has 0 aromatic heterocycles. The predicted octanol–water partition coefficient (Wildman–Crippen LogP) is 5.88. The highest BCUT2D eigenvalue weighted by atomic mass is 16.5. The normalized spacial score (nSPS) is 16.6. The zero-order valence-electron chi connectivity index (χ0n) is 20.6. The number of ether oxygens (including phenoxy) is 1. The van der Waals surface area contributed by atoms with Crippen molar-refractivity contribution in [3.63, 3.8) is 0 Å². The van der Waals surface area contributed by atoms with Crippen LogP contribution < -0.4 is 0 Å². The fourth-order valence-corrected chi connectivity index (χ4v) is 3.78. The second kappa shape index (κ2) is 19.3. The SMILES string of the molecule is CC(=CCCCOCC(O)C(O)CO)CCCC(C)CCCC(C)CCCC(C)C. The summed E-state index contributed by atoms with van der Waals surface area (Å²) in [6.45, 7) is 11.9. The van der Waals surface area contributed by atoms with Crippen molar-refractivity contribution in [1.82, 2.24) is 0 Å². The van der Waals surface area contributed by atoms with Crippen LogP contribution in [0.2, 0.25) is 0 Å². The maximum Gasteiger partial charge on any atom is 0.105 e. The van der Waals surface area contributed by atoms with Crippen LogP contribution in [0.1, 0.15) is 105 Å². The maximum absolute atomic E-state index is 9.49. The topological polar surface area (TPSA) is 69.9 Å². The molecular weight excluding hydrogens is 376 g/mol. The summed E-state index contributed by atoms with van der Waals surface area (Å²) in [4.78, 5) is 0. The number of hydrogen-bond donors (Lipinski definition) is 3. The van der Waals surface area contributed by atoms with E-state index in [-0.39, 0.29) is 6.61 Å². The van der Waals surface area contributed by atoms with Crippen LogP contribution in [0.25, 0.3) is 0 Å². The van der Waals surface area contributed by atoms with E-state index in [4.69, 9.17) is 9.84 Å². The van der Waals surface area contributed by atoms with E-state index in [0.29, 0.717) is 6.61 Å². The van der Waals surface area contributed by atoms with Gasteiger partial charge < -0.3 is 20.1 Å². The van der Waals surface area contributed by atoms with E-state index in [2.05, 4.69) is 40.7 Å². The van der Waals surface area contributed by atoms with Crippen LogP contribution in [-0.4, -0.2) is 47.3 Å². The Balaban J connectivity index is 3.64. The van der Waals surface area contributed by atoms with E-state index in [1.165, 1.54) is 63.4 Å². The minimum atomic E-state index is -1.12. The van der Waals surface area contributed by atoms with Crippen molar-refractivity contribution in [3.05, 3.63) is 11.6 Å². The Bertz CT molecular complexity index is 408. The number of hydrogen-bond acceptors (Lipinski definition) is 4. The Labute approximate surface area is 187 Å². The number of aliphatic hydroxyl groups is 3. The second-order valence-electron chi connectivity index (χ2n) is 9.94. The molecule has 0 aromatic carbocycles. The molecule has 0 rings (SSSR count). The Hall–Kier alpha value is -0.420. The minimum Gasteiger partial charge on any atom is -0.394 e. The third-order valence-electron chi connectivity index (χ3n) is 6.05. The van der Waals surface area contributed by atoms with Gasteiger partial charge in [0, 0.05) is 6.61 Å². The van der Waals surface area contributed by atoms with E-state index in [9.17, 15) is 10.2 Å². The van der Waals surface area contributed by atoms with Crippen LogP contribution in [-0.2, 0) is 4.74 Å². The molecule has 180 valence electrons. The molecule has 0 amide bonds. The van der Waals surface area contributed by atoms with Gasteiger partial charge in [0.1, 0.15) is 12.2 Å². The fourth-order valence-electron chi connectivity index (χ4n) is 3.78. The highest BCUT2D eigenvalue weighted by Gasteiger charge is 2.14. The zero-order chi connectivity index (χ0) is 22.8. The lowest BCUT2D eigenvalue weighted by Crippen LogP contribution is -2.33. The van der Waals surface area contributed by atoms with Gasteiger partial charge in [-0.1, -0.05) is 84.3 Å². The Morgan fingerprint density at radius 2 is 1.37 bits per heavy atom. The van der Waals surface area contributed by atoms with E-state index in [1.807, 2.05) is 0 Å². The predicted molar refractivity (Wildman–Crippen MR) is 128 cm³/mol. The Morgan fingerprint density at radius 3 is 1.93 bits per heavy atom. The van der Waals surface area contributed by atoms with Crippen molar-refractivity contribution in [2.24, 2.45) is 17.8 Å². The monoisotopic (exact) mass is 428 g/mol. The molecule has 30 heavy (non-hydrogen) atoms. The molecule has 0 saturated heterocycles. The molecule has 0 aliphatic heterocycles. The largest absolute Gasteiger partial charge is 0.394 e. The summed E-state index contributed by atoms with van der Waals surface area (Å²) in [6, 6.07) is 0. The molecule has 0 bridgehead atoms. The molecule has 0 fully saturated rings. The first-order valence-corrected chi connectivity index (χ1v) is 12.5. The van der Waals surface area contributed by atoms with Gasteiger partial charge in [0.15, 0.2) is 0 Å². The molecule has 0 aromatic rings. The molecule has 0 saturated carbocycles. The van der Waals surface area contributed by atoms with Gasteiger partial charge in [-0.15, -0.1) is 0 Å². The van der Waals surface area contributed by atoms with Crippen molar-refractivity contribution >= 4 is 0 Å². The lowest BCUT2D eigenvalue weighted by molar-refractivity contribution is -0.0568. The highest BCUT2D eigenvalue weighted by Crippen LogP contribution is 2.22. The van der Waals surface area contributed by atoms with Gasteiger partial charge in [-0.05, 0) is 50.4 Å². The summed E-state index contributed by atoms with van der Waals surface area (Å²) < 4.78 is 5.35. The van der Waals surface area contributed by atoms with Gasteiger partial charge in [0.25, 0.3) is 0 Å². The number of unbranched alkanes of at least 4 members (excludes halogenated alkanes) is 1. The van der Waals surface area contributed by atoms with Crippen molar-refractivity contribution in [2.75, 3.05) is 19.8 Å². The third-order valence-corrected chi connectivity index (χ3v) is 6.05. The molecular formula is C26H52O4. The van der Waals surface area contributed by atoms with Gasteiger partial charge in [-0.2, -0.15) is 0 Å². The van der Waals surface area contributed by atoms with Crippen molar-refractivity contribution in [1.29, 1.82) is 0 Å². The first-order chi connectivity index (χ1) is 14.3. The summed E-state index contributed by atoms with van der Waals surface area (Å²) in [7, 11) is 0. The smallest absolute Gasteiger partial charge is 0.105 e. The number of rotatable bonds is 20.